The molecule has 26 heavy (non-hydrogen) atoms. The highest BCUT2D eigenvalue weighted by atomic mass is 32.2. The maximum atomic E-state index is 12.4. The number of benzene rings is 3. The van der Waals surface area contributed by atoms with Crippen molar-refractivity contribution in [2.75, 3.05) is 5.75 Å². The van der Waals surface area contributed by atoms with E-state index in [1.165, 1.54) is 17.8 Å². The van der Waals surface area contributed by atoms with E-state index < -0.39 is 15.9 Å². The number of aryl methyl sites for hydroxylation is 1. The third kappa shape index (κ3) is 4.63. The van der Waals surface area contributed by atoms with Crippen LogP contribution in [0, 0.1) is 6.92 Å². The normalized spacial score (nSPS) is 11.4. The van der Waals surface area contributed by atoms with Gasteiger partial charge in [0.15, 0.2) is 0 Å². The lowest BCUT2D eigenvalue weighted by Crippen LogP contribution is -2.42. The van der Waals surface area contributed by atoms with E-state index in [2.05, 4.69) is 10.3 Å². The largest absolute Gasteiger partial charge is 0.277 e. The number of sulfonamides is 1. The van der Waals surface area contributed by atoms with Crippen LogP contribution in [0.1, 0.15) is 5.56 Å². The number of hydrogen-bond acceptors (Lipinski definition) is 4. The van der Waals surface area contributed by atoms with Gasteiger partial charge < -0.3 is 0 Å². The van der Waals surface area contributed by atoms with Crippen molar-refractivity contribution >= 4 is 38.5 Å². The molecular formula is C19H18N2O3S2. The van der Waals surface area contributed by atoms with Crippen molar-refractivity contribution in [3.05, 3.63) is 72.3 Å². The fourth-order valence-electron chi connectivity index (χ4n) is 2.34. The van der Waals surface area contributed by atoms with Gasteiger partial charge in [0, 0.05) is 4.90 Å². The van der Waals surface area contributed by atoms with Gasteiger partial charge in [-0.3, -0.25) is 10.2 Å². The maximum absolute atomic E-state index is 12.4. The van der Waals surface area contributed by atoms with Crippen molar-refractivity contribution in [1.29, 1.82) is 0 Å². The lowest BCUT2D eigenvalue weighted by atomic mass is 10.1. The second-order valence-corrected chi connectivity index (χ2v) is 8.50. The number of hydrogen-bond donors (Lipinski definition) is 2. The van der Waals surface area contributed by atoms with Crippen LogP contribution in [0.4, 0.5) is 0 Å². The third-order valence-electron chi connectivity index (χ3n) is 3.75. The van der Waals surface area contributed by atoms with Gasteiger partial charge in [-0.2, -0.15) is 0 Å². The summed E-state index contributed by atoms with van der Waals surface area (Å²) in [5.74, 6) is -0.302. The predicted molar refractivity (Wildman–Crippen MR) is 104 cm³/mol. The molecule has 0 aliphatic rings. The third-order valence-corrected chi connectivity index (χ3v) is 6.00. The molecule has 3 aromatic rings. The van der Waals surface area contributed by atoms with Gasteiger partial charge in [-0.15, -0.1) is 16.6 Å². The van der Waals surface area contributed by atoms with Gasteiger partial charge in [0.1, 0.15) is 0 Å². The summed E-state index contributed by atoms with van der Waals surface area (Å²) in [5, 5.41) is 1.77. The Kier molecular flexibility index (Phi) is 5.61. The first-order chi connectivity index (χ1) is 12.4. The molecule has 3 rings (SSSR count). The van der Waals surface area contributed by atoms with E-state index in [-0.39, 0.29) is 10.6 Å². The molecule has 0 fully saturated rings. The van der Waals surface area contributed by atoms with E-state index >= 15 is 0 Å². The minimum Gasteiger partial charge on any atom is -0.277 e. The molecule has 0 aromatic heterocycles. The standard InChI is InChI=1S/C19H18N2O3S2/c1-14-6-9-17(10-7-14)25-13-19(22)20-21-26(23,24)18-11-8-15-4-2-3-5-16(15)12-18/h2-12,21H,13H2,1H3,(H,20,22). The van der Waals surface area contributed by atoms with E-state index in [0.29, 0.717) is 0 Å². The summed E-state index contributed by atoms with van der Waals surface area (Å²) in [7, 11) is -3.83. The molecule has 0 aliphatic heterocycles. The van der Waals surface area contributed by atoms with Gasteiger partial charge in [0.25, 0.3) is 10.0 Å². The highest BCUT2D eigenvalue weighted by Crippen LogP contribution is 2.19. The van der Waals surface area contributed by atoms with Crippen molar-refractivity contribution in [3.63, 3.8) is 0 Å². The highest BCUT2D eigenvalue weighted by Gasteiger charge is 2.15. The second kappa shape index (κ2) is 7.90. The Labute approximate surface area is 156 Å². The summed E-state index contributed by atoms with van der Waals surface area (Å²) in [6, 6.07) is 20.1. The molecule has 3 aromatic carbocycles. The van der Waals surface area contributed by atoms with Crippen LogP contribution < -0.4 is 10.3 Å². The zero-order valence-corrected chi connectivity index (χ0v) is 15.7. The zero-order chi connectivity index (χ0) is 18.6. The van der Waals surface area contributed by atoms with Crippen LogP contribution in [0.3, 0.4) is 0 Å². The van der Waals surface area contributed by atoms with Gasteiger partial charge in [0.05, 0.1) is 10.6 Å². The van der Waals surface area contributed by atoms with Gasteiger partial charge >= 0.3 is 0 Å². The Morgan fingerprint density at radius 3 is 2.38 bits per heavy atom. The number of thioether (sulfide) groups is 1. The molecule has 5 nitrogen and oxygen atoms in total. The van der Waals surface area contributed by atoms with E-state index in [1.54, 1.807) is 12.1 Å². The average molecular weight is 386 g/mol. The van der Waals surface area contributed by atoms with Crippen LogP contribution in [0.25, 0.3) is 10.8 Å². The maximum Gasteiger partial charge on any atom is 0.257 e. The molecule has 0 radical (unpaired) electrons. The first kappa shape index (κ1) is 18.4. The Hall–Kier alpha value is -2.35. The molecule has 1 amide bonds. The summed E-state index contributed by atoms with van der Waals surface area (Å²) < 4.78 is 24.7. The predicted octanol–water partition coefficient (Wildman–Crippen LogP) is 3.25. The summed E-state index contributed by atoms with van der Waals surface area (Å²) in [5.41, 5.74) is 3.39. The first-order valence-corrected chi connectivity index (χ1v) is 10.4. The monoisotopic (exact) mass is 386 g/mol. The van der Waals surface area contributed by atoms with Crippen LogP contribution in [-0.4, -0.2) is 20.1 Å². The molecule has 7 heteroatoms. The van der Waals surface area contributed by atoms with Gasteiger partial charge in [-0.1, -0.05) is 48.0 Å². The minimum absolute atomic E-state index is 0.0997. The number of carbonyl (C=O) groups is 1. The fourth-order valence-corrected chi connectivity index (χ4v) is 3.93. The Morgan fingerprint density at radius 1 is 0.962 bits per heavy atom. The van der Waals surface area contributed by atoms with Crippen LogP contribution in [0.15, 0.2) is 76.5 Å². The summed E-state index contributed by atoms with van der Waals surface area (Å²) >= 11 is 1.34. The fraction of sp³-hybridized carbons (Fsp3) is 0.105. The second-order valence-electron chi connectivity index (χ2n) is 5.76. The number of amides is 1. The zero-order valence-electron chi connectivity index (χ0n) is 14.1. The molecule has 0 heterocycles. The molecular weight excluding hydrogens is 368 g/mol. The molecule has 0 bridgehead atoms. The van der Waals surface area contributed by atoms with Crippen LogP contribution in [-0.2, 0) is 14.8 Å². The van der Waals surface area contributed by atoms with Crippen molar-refractivity contribution in [2.45, 2.75) is 16.7 Å². The number of nitrogens with one attached hydrogen (secondary N) is 2. The van der Waals surface area contributed by atoms with Gasteiger partial charge in [-0.25, -0.2) is 8.42 Å². The first-order valence-electron chi connectivity index (χ1n) is 7.93. The van der Waals surface area contributed by atoms with Crippen molar-refractivity contribution in [1.82, 2.24) is 10.3 Å². The number of rotatable bonds is 6. The minimum atomic E-state index is -3.83. The average Bonchev–Trinajstić information content (AvgIpc) is 2.65. The van der Waals surface area contributed by atoms with Crippen LogP contribution >= 0.6 is 11.8 Å². The Morgan fingerprint density at radius 2 is 1.65 bits per heavy atom. The lowest BCUT2D eigenvalue weighted by molar-refractivity contribution is -0.119. The van der Waals surface area contributed by atoms with Crippen molar-refractivity contribution < 1.29 is 13.2 Å². The molecule has 0 atom stereocenters. The van der Waals surface area contributed by atoms with Crippen molar-refractivity contribution in [2.24, 2.45) is 0 Å². The molecule has 0 spiro atoms. The molecule has 0 saturated carbocycles. The molecule has 0 aliphatic carbocycles. The van der Waals surface area contributed by atoms with Crippen LogP contribution in [0.2, 0.25) is 0 Å². The number of hydrazine groups is 1. The molecule has 134 valence electrons. The van der Waals surface area contributed by atoms with Crippen molar-refractivity contribution in [3.8, 4) is 0 Å². The lowest BCUT2D eigenvalue weighted by Gasteiger charge is -2.09. The highest BCUT2D eigenvalue weighted by molar-refractivity contribution is 8.00. The Balaban J connectivity index is 1.59. The SMILES string of the molecule is Cc1ccc(SCC(=O)NNS(=O)(=O)c2ccc3ccccc3c2)cc1. The summed E-state index contributed by atoms with van der Waals surface area (Å²) in [6.07, 6.45) is 0. The number of carbonyl (C=O) groups excluding carboxylic acids is 1. The summed E-state index contributed by atoms with van der Waals surface area (Å²) in [6.45, 7) is 1.99. The number of fused-ring (bicyclic) bond motifs is 1. The topological polar surface area (TPSA) is 75.3 Å². The quantitative estimate of drug-likeness (QED) is 0.504. The van der Waals surface area contributed by atoms with Gasteiger partial charge in [0.2, 0.25) is 5.91 Å². The van der Waals surface area contributed by atoms with Gasteiger partial charge in [-0.05, 0) is 42.0 Å². The van der Waals surface area contributed by atoms with E-state index in [1.807, 2.05) is 55.5 Å². The van der Waals surface area contributed by atoms with E-state index in [4.69, 9.17) is 0 Å². The van der Waals surface area contributed by atoms with Crippen LogP contribution in [0.5, 0.6) is 0 Å². The smallest absolute Gasteiger partial charge is 0.257 e. The van der Waals surface area contributed by atoms with E-state index in [0.717, 1.165) is 21.2 Å². The van der Waals surface area contributed by atoms with E-state index in [9.17, 15) is 13.2 Å². The molecule has 0 saturated heterocycles. The molecule has 0 unspecified atom stereocenters. The molecule has 2 N–H and O–H groups in total. The Bertz CT molecular complexity index is 1030. The summed E-state index contributed by atoms with van der Waals surface area (Å²) in [4.78, 5) is 15.1.